The predicted octanol–water partition coefficient (Wildman–Crippen LogP) is 3.87. The zero-order valence-corrected chi connectivity index (χ0v) is 19.5. The van der Waals surface area contributed by atoms with Gasteiger partial charge in [-0.05, 0) is 62.7 Å². The third kappa shape index (κ3) is 6.27. The Morgan fingerprint density at radius 2 is 1.68 bits per heavy atom. The van der Waals surface area contributed by atoms with E-state index in [2.05, 4.69) is 10.4 Å². The molecule has 0 aliphatic carbocycles. The van der Waals surface area contributed by atoms with Crippen LogP contribution >= 0.6 is 11.6 Å². The van der Waals surface area contributed by atoms with Crippen molar-refractivity contribution >= 4 is 17.5 Å². The predicted molar refractivity (Wildman–Crippen MR) is 122 cm³/mol. The van der Waals surface area contributed by atoms with Gasteiger partial charge in [0.1, 0.15) is 0 Å². The van der Waals surface area contributed by atoms with Crippen LogP contribution in [0.25, 0.3) is 11.4 Å². The van der Waals surface area contributed by atoms with Crippen molar-refractivity contribution in [3.8, 4) is 11.4 Å². The molecule has 2 N–H and O–H groups in total. The summed E-state index contributed by atoms with van der Waals surface area (Å²) in [6.45, 7) is 4.52. The Bertz CT molecular complexity index is 1210. The van der Waals surface area contributed by atoms with Gasteiger partial charge in [-0.2, -0.15) is 13.2 Å². The zero-order valence-electron chi connectivity index (χ0n) is 18.7. The highest BCUT2D eigenvalue weighted by Gasteiger charge is 2.39. The highest BCUT2D eigenvalue weighted by atomic mass is 35.5. The molecule has 0 radical (unpaired) electrons. The molecule has 1 unspecified atom stereocenters. The second kappa shape index (κ2) is 9.63. The molecule has 182 valence electrons. The van der Waals surface area contributed by atoms with Gasteiger partial charge >= 0.3 is 11.9 Å². The largest absolute Gasteiger partial charge is 0.416 e. The molecule has 34 heavy (non-hydrogen) atoms. The molecule has 0 aliphatic heterocycles. The highest BCUT2D eigenvalue weighted by Crippen LogP contribution is 2.24. The normalized spacial score (nSPS) is 13.1. The fourth-order valence-corrected chi connectivity index (χ4v) is 3.27. The lowest BCUT2D eigenvalue weighted by Crippen LogP contribution is -2.40. The number of halogens is 4. The number of amides is 1. The van der Waals surface area contributed by atoms with Gasteiger partial charge in [0.25, 0.3) is 5.91 Å². The van der Waals surface area contributed by atoms with Crippen LogP contribution in [0.3, 0.4) is 0 Å². The molecule has 1 amide bonds. The number of rotatable bonds is 6. The molecule has 0 saturated carbocycles. The van der Waals surface area contributed by atoms with E-state index in [-0.39, 0.29) is 18.3 Å². The van der Waals surface area contributed by atoms with Crippen molar-refractivity contribution in [1.29, 1.82) is 0 Å². The van der Waals surface area contributed by atoms with E-state index < -0.39 is 30.1 Å². The maximum Gasteiger partial charge on any atom is 0.416 e. The summed E-state index contributed by atoms with van der Waals surface area (Å²) in [5.41, 5.74) is 0.172. The zero-order chi connectivity index (χ0) is 25.3. The molecule has 11 heteroatoms. The maximum atomic E-state index is 13.0. The van der Waals surface area contributed by atoms with Crippen LogP contribution < -0.4 is 11.0 Å². The van der Waals surface area contributed by atoms with E-state index in [9.17, 15) is 27.9 Å². The van der Waals surface area contributed by atoms with Crippen LogP contribution in [0.5, 0.6) is 0 Å². The van der Waals surface area contributed by atoms with Crippen LogP contribution in [-0.2, 0) is 13.1 Å². The summed E-state index contributed by atoms with van der Waals surface area (Å²) < 4.78 is 40.7. The molecule has 0 spiro atoms. The van der Waals surface area contributed by atoms with Gasteiger partial charge in [-0.15, -0.1) is 5.10 Å². The number of carbonyl (C=O) groups excluding carboxylic acids is 1. The standard InChI is InChI=1S/C23H24ClF3N4O3/c1-22(2,3)28-20(33)16-6-4-14(5-7-16)12-31-21(34)30(13-18(32)23(25,26)27)19(29-31)15-8-10-17(24)11-9-15/h4-11,18,32H,12-13H2,1-3H3,(H,28,33). The maximum absolute atomic E-state index is 13.0. The molecule has 1 aromatic heterocycles. The van der Waals surface area contributed by atoms with Crippen LogP contribution in [0.15, 0.2) is 53.3 Å². The number of nitrogens with one attached hydrogen (secondary N) is 1. The summed E-state index contributed by atoms with van der Waals surface area (Å²) in [5, 5.41) is 17.0. The summed E-state index contributed by atoms with van der Waals surface area (Å²) in [6, 6.07) is 12.5. The molecule has 0 aliphatic rings. The number of alkyl halides is 3. The van der Waals surface area contributed by atoms with Crippen molar-refractivity contribution in [1.82, 2.24) is 19.7 Å². The van der Waals surface area contributed by atoms with Crippen molar-refractivity contribution in [2.45, 2.75) is 51.7 Å². The minimum atomic E-state index is -4.90. The van der Waals surface area contributed by atoms with Crippen molar-refractivity contribution in [3.63, 3.8) is 0 Å². The van der Waals surface area contributed by atoms with Crippen LogP contribution in [0.1, 0.15) is 36.7 Å². The molecular formula is C23H24ClF3N4O3. The minimum Gasteiger partial charge on any atom is -0.382 e. The van der Waals surface area contributed by atoms with Gasteiger partial charge in [0.2, 0.25) is 0 Å². The van der Waals surface area contributed by atoms with E-state index in [4.69, 9.17) is 11.6 Å². The average Bonchev–Trinajstić information content (AvgIpc) is 3.02. The molecule has 2 aromatic carbocycles. The van der Waals surface area contributed by atoms with Crippen LogP contribution in [0, 0.1) is 0 Å². The Balaban J connectivity index is 1.93. The van der Waals surface area contributed by atoms with E-state index in [0.29, 0.717) is 21.7 Å². The fraction of sp³-hybridized carbons (Fsp3) is 0.348. The summed E-state index contributed by atoms with van der Waals surface area (Å²) in [5.74, 6) is -0.294. The Kier molecular flexibility index (Phi) is 7.23. The quantitative estimate of drug-likeness (QED) is 0.542. The highest BCUT2D eigenvalue weighted by molar-refractivity contribution is 6.30. The molecule has 3 rings (SSSR count). The molecule has 1 atom stereocenters. The first-order valence-electron chi connectivity index (χ1n) is 10.3. The number of aromatic nitrogens is 3. The van der Waals surface area contributed by atoms with Gasteiger partial charge in [0.05, 0.1) is 13.1 Å². The first kappa shape index (κ1) is 25.5. The number of aliphatic hydroxyl groups is 1. The summed E-state index contributed by atoms with van der Waals surface area (Å²) in [7, 11) is 0. The Morgan fingerprint density at radius 1 is 1.09 bits per heavy atom. The Labute approximate surface area is 198 Å². The van der Waals surface area contributed by atoms with Gasteiger partial charge in [-0.1, -0.05) is 23.7 Å². The lowest BCUT2D eigenvalue weighted by molar-refractivity contribution is -0.207. The lowest BCUT2D eigenvalue weighted by atomic mass is 10.1. The molecule has 1 heterocycles. The van der Waals surface area contributed by atoms with Gasteiger partial charge in [-0.25, -0.2) is 9.48 Å². The fourth-order valence-electron chi connectivity index (χ4n) is 3.14. The molecule has 0 saturated heterocycles. The Morgan fingerprint density at radius 3 is 2.21 bits per heavy atom. The first-order chi connectivity index (χ1) is 15.7. The average molecular weight is 497 g/mol. The number of benzene rings is 2. The van der Waals surface area contributed by atoms with Gasteiger partial charge in [0, 0.05) is 21.7 Å². The van der Waals surface area contributed by atoms with Crippen LogP contribution in [-0.4, -0.2) is 43.2 Å². The Hall–Kier alpha value is -3.11. The van der Waals surface area contributed by atoms with Crippen LogP contribution in [0.4, 0.5) is 13.2 Å². The summed E-state index contributed by atoms with van der Waals surface area (Å²) in [4.78, 5) is 25.2. The second-order valence-corrected chi connectivity index (χ2v) is 9.28. The van der Waals surface area contributed by atoms with Gasteiger partial charge < -0.3 is 10.4 Å². The number of hydrogen-bond donors (Lipinski definition) is 2. The third-order valence-corrected chi connectivity index (χ3v) is 5.05. The SMILES string of the molecule is CC(C)(C)NC(=O)c1ccc(Cn2nc(-c3ccc(Cl)cc3)n(CC(O)C(F)(F)F)c2=O)cc1. The molecule has 7 nitrogen and oxygen atoms in total. The van der Waals surface area contributed by atoms with Gasteiger partial charge in [0.15, 0.2) is 11.9 Å². The number of aliphatic hydroxyl groups excluding tert-OH is 1. The monoisotopic (exact) mass is 496 g/mol. The van der Waals surface area contributed by atoms with Crippen molar-refractivity contribution < 1.29 is 23.1 Å². The smallest absolute Gasteiger partial charge is 0.382 e. The van der Waals surface area contributed by atoms with Crippen molar-refractivity contribution in [2.75, 3.05) is 0 Å². The number of hydrogen-bond acceptors (Lipinski definition) is 4. The lowest BCUT2D eigenvalue weighted by Gasteiger charge is -2.20. The van der Waals surface area contributed by atoms with E-state index in [1.807, 2.05) is 20.8 Å². The van der Waals surface area contributed by atoms with Crippen molar-refractivity contribution in [3.05, 3.63) is 75.2 Å². The van der Waals surface area contributed by atoms with E-state index in [0.717, 1.165) is 9.25 Å². The van der Waals surface area contributed by atoms with E-state index in [1.54, 1.807) is 24.3 Å². The first-order valence-corrected chi connectivity index (χ1v) is 10.7. The molecule has 0 bridgehead atoms. The third-order valence-electron chi connectivity index (χ3n) is 4.80. The summed E-state index contributed by atoms with van der Waals surface area (Å²) in [6.07, 6.45) is -7.64. The van der Waals surface area contributed by atoms with Crippen LogP contribution in [0.2, 0.25) is 5.02 Å². The topological polar surface area (TPSA) is 89.2 Å². The minimum absolute atomic E-state index is 0.0360. The van der Waals surface area contributed by atoms with Crippen molar-refractivity contribution in [2.24, 2.45) is 0 Å². The van der Waals surface area contributed by atoms with E-state index >= 15 is 0 Å². The van der Waals surface area contributed by atoms with Gasteiger partial charge in [-0.3, -0.25) is 9.36 Å². The number of carbonyl (C=O) groups is 1. The molecular weight excluding hydrogens is 473 g/mol. The number of nitrogens with zero attached hydrogens (tertiary/aromatic N) is 3. The summed E-state index contributed by atoms with van der Waals surface area (Å²) >= 11 is 5.89. The molecule has 0 fully saturated rings. The molecule has 3 aromatic rings. The second-order valence-electron chi connectivity index (χ2n) is 8.84. The van der Waals surface area contributed by atoms with E-state index in [1.165, 1.54) is 24.3 Å².